The summed E-state index contributed by atoms with van der Waals surface area (Å²) in [6.07, 6.45) is 18.7. The monoisotopic (exact) mass is 633 g/mol. The number of ether oxygens (including phenoxy) is 2. The number of rotatable bonds is 19. The van der Waals surface area contributed by atoms with E-state index in [-0.39, 0.29) is 5.97 Å². The molecule has 0 saturated carbocycles. The number of benzene rings is 3. The molecule has 42 heavy (non-hydrogen) atoms. The first kappa shape index (κ1) is 33.3. The number of nitrogens with zero attached hydrogens (tertiary/aromatic N) is 1. The van der Waals surface area contributed by atoms with Gasteiger partial charge in [-0.2, -0.15) is 0 Å². The Bertz CT molecular complexity index is 1220. The lowest BCUT2D eigenvalue weighted by Crippen LogP contribution is -2.10. The van der Waals surface area contributed by atoms with Crippen LogP contribution in [0.15, 0.2) is 82.3 Å². The second-order valence-corrected chi connectivity index (χ2v) is 11.6. The van der Waals surface area contributed by atoms with Crippen molar-refractivity contribution in [1.82, 2.24) is 0 Å². The Morgan fingerprint density at radius 1 is 0.643 bits per heavy atom. The van der Waals surface area contributed by atoms with Crippen LogP contribution < -0.4 is 9.47 Å². The van der Waals surface area contributed by atoms with Gasteiger partial charge in [0.05, 0.1) is 11.3 Å². The number of halogens is 1. The molecule has 0 aliphatic carbocycles. The minimum atomic E-state index is -0.476. The fourth-order valence-corrected chi connectivity index (χ4v) is 4.86. The average Bonchev–Trinajstić information content (AvgIpc) is 3.00. The van der Waals surface area contributed by atoms with Crippen molar-refractivity contribution in [2.75, 3.05) is 0 Å². The van der Waals surface area contributed by atoms with Crippen LogP contribution in [-0.4, -0.2) is 18.2 Å². The second kappa shape index (κ2) is 19.8. The minimum Gasteiger partial charge on any atom is -0.427 e. The molecule has 0 bridgehead atoms. The lowest BCUT2D eigenvalue weighted by Gasteiger charge is -2.07. The van der Waals surface area contributed by atoms with Crippen LogP contribution in [0.2, 0.25) is 0 Å². The fraction of sp³-hybridized carbons (Fsp3) is 0.417. The Morgan fingerprint density at radius 2 is 1.14 bits per heavy atom. The van der Waals surface area contributed by atoms with Crippen molar-refractivity contribution in [2.45, 2.75) is 96.8 Å². The lowest BCUT2D eigenvalue weighted by atomic mass is 10.0. The highest BCUT2D eigenvalue weighted by molar-refractivity contribution is 9.10. The molecule has 0 fully saturated rings. The quantitative estimate of drug-likeness (QED) is 0.0570. The van der Waals surface area contributed by atoms with Gasteiger partial charge >= 0.3 is 11.9 Å². The number of unbranched alkanes of at least 4 members (excludes halogenated alkanes) is 12. The van der Waals surface area contributed by atoms with E-state index in [0.29, 0.717) is 23.5 Å². The topological polar surface area (TPSA) is 65.0 Å². The van der Waals surface area contributed by atoms with Crippen LogP contribution in [0.1, 0.15) is 113 Å². The maximum absolute atomic E-state index is 12.6. The van der Waals surface area contributed by atoms with Crippen molar-refractivity contribution in [1.29, 1.82) is 0 Å². The van der Waals surface area contributed by atoms with E-state index >= 15 is 0 Å². The van der Waals surface area contributed by atoms with E-state index in [1.54, 1.807) is 42.6 Å². The Morgan fingerprint density at radius 3 is 1.71 bits per heavy atom. The summed E-state index contributed by atoms with van der Waals surface area (Å²) < 4.78 is 11.9. The van der Waals surface area contributed by atoms with Gasteiger partial charge < -0.3 is 9.47 Å². The number of carbonyl (C=O) groups is 2. The molecule has 224 valence electrons. The normalized spacial score (nSPS) is 11.1. The van der Waals surface area contributed by atoms with E-state index in [9.17, 15) is 9.59 Å². The van der Waals surface area contributed by atoms with Crippen LogP contribution in [0.5, 0.6) is 11.5 Å². The third-order valence-electron chi connectivity index (χ3n) is 7.09. The van der Waals surface area contributed by atoms with Crippen LogP contribution in [0.4, 0.5) is 5.69 Å². The van der Waals surface area contributed by atoms with Gasteiger partial charge in [-0.1, -0.05) is 99.9 Å². The molecule has 0 aliphatic rings. The molecule has 3 aromatic carbocycles. The Kier molecular flexibility index (Phi) is 15.7. The number of carbonyl (C=O) groups excluding carboxylic acids is 2. The maximum Gasteiger partial charge on any atom is 0.343 e. The molecule has 0 amide bonds. The van der Waals surface area contributed by atoms with E-state index in [2.05, 4.69) is 27.8 Å². The molecule has 3 rings (SSSR count). The number of aliphatic imine (C=N–C) groups is 1. The third kappa shape index (κ3) is 13.6. The molecule has 0 saturated heterocycles. The highest BCUT2D eigenvalue weighted by Gasteiger charge is 2.10. The molecule has 5 nitrogen and oxygen atoms in total. The fourth-order valence-electron chi connectivity index (χ4n) is 4.59. The molecule has 0 radical (unpaired) electrons. The zero-order chi connectivity index (χ0) is 29.8. The lowest BCUT2D eigenvalue weighted by molar-refractivity contribution is -0.134. The van der Waals surface area contributed by atoms with Crippen molar-refractivity contribution >= 4 is 39.8 Å². The highest BCUT2D eigenvalue weighted by atomic mass is 79.9. The van der Waals surface area contributed by atoms with Gasteiger partial charge in [-0.3, -0.25) is 9.79 Å². The van der Waals surface area contributed by atoms with E-state index in [4.69, 9.17) is 9.47 Å². The summed E-state index contributed by atoms with van der Waals surface area (Å²) in [5, 5.41) is 0. The van der Waals surface area contributed by atoms with E-state index in [1.165, 1.54) is 70.6 Å². The van der Waals surface area contributed by atoms with Gasteiger partial charge in [0.2, 0.25) is 0 Å². The Hall–Kier alpha value is -3.25. The molecule has 0 atom stereocenters. The number of esters is 2. The molecule has 0 aromatic heterocycles. The smallest absolute Gasteiger partial charge is 0.343 e. The van der Waals surface area contributed by atoms with E-state index < -0.39 is 5.97 Å². The van der Waals surface area contributed by atoms with E-state index in [0.717, 1.165) is 28.6 Å². The number of hydrogen-bond donors (Lipinski definition) is 0. The zero-order valence-electron chi connectivity index (χ0n) is 24.9. The first-order valence-corrected chi connectivity index (χ1v) is 16.3. The van der Waals surface area contributed by atoms with Crippen molar-refractivity contribution in [2.24, 2.45) is 4.99 Å². The molecular weight excluding hydrogens is 590 g/mol. The van der Waals surface area contributed by atoms with Crippen molar-refractivity contribution in [3.8, 4) is 11.5 Å². The Balaban J connectivity index is 1.28. The maximum atomic E-state index is 12.6. The van der Waals surface area contributed by atoms with Gasteiger partial charge in [-0.25, -0.2) is 4.79 Å². The first-order valence-electron chi connectivity index (χ1n) is 15.5. The summed E-state index contributed by atoms with van der Waals surface area (Å²) in [5.74, 6) is 0.156. The SMILES string of the molecule is CCCCCCCCCCCCCCCC(=O)Oc1ccc(C(=O)Oc2ccc(C=Nc3ccc(Br)cc3)cc2)cc1. The standard InChI is InChI=1S/C36H44BrNO4/c1-2-3-4-5-6-7-8-9-10-11-12-13-14-15-35(39)41-33-26-18-30(19-27-33)36(40)42-34-24-16-29(17-25-34)28-38-32-22-20-31(37)21-23-32/h16-28H,2-15H2,1H3. The van der Waals surface area contributed by atoms with Gasteiger partial charge in [0, 0.05) is 17.1 Å². The van der Waals surface area contributed by atoms with Crippen LogP contribution in [-0.2, 0) is 4.79 Å². The van der Waals surface area contributed by atoms with Crippen LogP contribution in [0, 0.1) is 0 Å². The Labute approximate surface area is 259 Å². The summed E-state index contributed by atoms with van der Waals surface area (Å²) >= 11 is 3.41. The minimum absolute atomic E-state index is 0.239. The van der Waals surface area contributed by atoms with Crippen molar-refractivity contribution < 1.29 is 19.1 Å². The predicted molar refractivity (Wildman–Crippen MR) is 175 cm³/mol. The zero-order valence-corrected chi connectivity index (χ0v) is 26.4. The molecule has 0 N–H and O–H groups in total. The molecule has 0 spiro atoms. The van der Waals surface area contributed by atoms with Crippen LogP contribution in [0.3, 0.4) is 0 Å². The summed E-state index contributed by atoms with van der Waals surface area (Å²) in [7, 11) is 0. The summed E-state index contributed by atoms with van der Waals surface area (Å²) in [5.41, 5.74) is 2.12. The molecule has 3 aromatic rings. The average molecular weight is 635 g/mol. The second-order valence-electron chi connectivity index (χ2n) is 10.7. The van der Waals surface area contributed by atoms with Crippen LogP contribution >= 0.6 is 15.9 Å². The van der Waals surface area contributed by atoms with Crippen molar-refractivity contribution in [3.05, 3.63) is 88.4 Å². The third-order valence-corrected chi connectivity index (χ3v) is 7.61. The predicted octanol–water partition coefficient (Wildman–Crippen LogP) is 10.8. The largest absolute Gasteiger partial charge is 0.427 e. The highest BCUT2D eigenvalue weighted by Crippen LogP contribution is 2.19. The summed E-state index contributed by atoms with van der Waals surface area (Å²) in [6, 6.07) is 21.3. The molecule has 0 heterocycles. The molecular formula is C36H44BrNO4. The van der Waals surface area contributed by atoms with Gasteiger partial charge in [-0.05, 0) is 84.8 Å². The summed E-state index contributed by atoms with van der Waals surface area (Å²) in [6.45, 7) is 2.26. The van der Waals surface area contributed by atoms with E-state index in [1.807, 2.05) is 36.4 Å². The van der Waals surface area contributed by atoms with Gasteiger partial charge in [0.1, 0.15) is 11.5 Å². The van der Waals surface area contributed by atoms with Gasteiger partial charge in [-0.15, -0.1) is 0 Å². The van der Waals surface area contributed by atoms with Gasteiger partial charge in [0.15, 0.2) is 0 Å². The molecule has 6 heteroatoms. The van der Waals surface area contributed by atoms with Crippen molar-refractivity contribution in [3.63, 3.8) is 0 Å². The molecule has 0 unspecified atom stereocenters. The first-order chi connectivity index (χ1) is 20.5. The number of hydrogen-bond acceptors (Lipinski definition) is 5. The van der Waals surface area contributed by atoms with Crippen LogP contribution in [0.25, 0.3) is 0 Å². The molecule has 0 aliphatic heterocycles. The van der Waals surface area contributed by atoms with Gasteiger partial charge in [0.25, 0.3) is 0 Å². The summed E-state index contributed by atoms with van der Waals surface area (Å²) in [4.78, 5) is 29.2.